The van der Waals surface area contributed by atoms with Crippen LogP contribution in [0.1, 0.15) is 40.5 Å². The Morgan fingerprint density at radius 3 is 2.47 bits per heavy atom. The van der Waals surface area contributed by atoms with Crippen LogP contribution in [0.15, 0.2) is 0 Å². The van der Waals surface area contributed by atoms with Crippen LogP contribution in [-0.2, 0) is 19.1 Å². The van der Waals surface area contributed by atoms with Gasteiger partial charge in [0, 0.05) is 12.8 Å². The van der Waals surface area contributed by atoms with E-state index in [1.54, 1.807) is 27.7 Å². The summed E-state index contributed by atoms with van der Waals surface area (Å²) >= 11 is 0. The molecule has 0 aromatic carbocycles. The molecule has 1 aliphatic heterocycles. The van der Waals surface area contributed by atoms with Gasteiger partial charge in [0.15, 0.2) is 5.78 Å². The lowest BCUT2D eigenvalue weighted by atomic mass is 9.84. The molecule has 2 amide bonds. The number of carbonyl (C=O) groups is 3. The van der Waals surface area contributed by atoms with Crippen LogP contribution >= 0.6 is 0 Å². The molecule has 0 radical (unpaired) electrons. The molecule has 0 aromatic rings. The Morgan fingerprint density at radius 2 is 2.05 bits per heavy atom. The lowest BCUT2D eigenvalue weighted by molar-refractivity contribution is -0.131. The summed E-state index contributed by atoms with van der Waals surface area (Å²) < 4.78 is 5.24. The highest BCUT2D eigenvalue weighted by Gasteiger charge is 2.46. The number of hydrogen-bond donors (Lipinski definition) is 2. The molecule has 3 N–H and O–H groups in total. The zero-order chi connectivity index (χ0) is 14.8. The Morgan fingerprint density at radius 1 is 1.47 bits per heavy atom. The van der Waals surface area contributed by atoms with Gasteiger partial charge in [-0.05, 0) is 19.3 Å². The highest BCUT2D eigenvalue weighted by molar-refractivity contribution is 5.95. The Bertz CT molecular complexity index is 405. The van der Waals surface area contributed by atoms with Gasteiger partial charge in [-0.1, -0.05) is 13.8 Å². The summed E-state index contributed by atoms with van der Waals surface area (Å²) in [6, 6.07) is 0. The standard InChI is InChI=1S/C13H22N2O4/c1-8-13(4,9(16)7-19-8)15-11(18)6-12(2,3)5-10(14)17/h8H,5-7H2,1-4H3,(H2,14,17)(H,15,18). The molecular formula is C13H22N2O4. The van der Waals surface area contributed by atoms with Crippen molar-refractivity contribution in [3.05, 3.63) is 0 Å². The Labute approximate surface area is 113 Å². The van der Waals surface area contributed by atoms with Crippen LogP contribution in [0.4, 0.5) is 0 Å². The fourth-order valence-corrected chi connectivity index (χ4v) is 2.22. The van der Waals surface area contributed by atoms with E-state index in [0.29, 0.717) is 0 Å². The van der Waals surface area contributed by atoms with Gasteiger partial charge in [-0.2, -0.15) is 0 Å². The van der Waals surface area contributed by atoms with Crippen molar-refractivity contribution in [1.29, 1.82) is 0 Å². The summed E-state index contributed by atoms with van der Waals surface area (Å²) in [5, 5.41) is 2.72. The summed E-state index contributed by atoms with van der Waals surface area (Å²) in [6.07, 6.45) is -0.106. The zero-order valence-corrected chi connectivity index (χ0v) is 11.9. The number of amides is 2. The van der Waals surface area contributed by atoms with Crippen LogP contribution in [-0.4, -0.2) is 35.8 Å². The first-order valence-corrected chi connectivity index (χ1v) is 6.31. The number of rotatable bonds is 5. The van der Waals surface area contributed by atoms with Crippen molar-refractivity contribution in [3.63, 3.8) is 0 Å². The SMILES string of the molecule is CC1OCC(=O)C1(C)NC(=O)CC(C)(C)CC(N)=O. The fraction of sp³-hybridized carbons (Fsp3) is 0.769. The van der Waals surface area contributed by atoms with E-state index in [1.165, 1.54) is 0 Å². The van der Waals surface area contributed by atoms with Crippen LogP contribution < -0.4 is 11.1 Å². The molecule has 6 nitrogen and oxygen atoms in total. The minimum Gasteiger partial charge on any atom is -0.370 e. The van der Waals surface area contributed by atoms with Crippen LogP contribution in [0.25, 0.3) is 0 Å². The van der Waals surface area contributed by atoms with Gasteiger partial charge in [0.25, 0.3) is 0 Å². The van der Waals surface area contributed by atoms with Gasteiger partial charge in [-0.3, -0.25) is 14.4 Å². The second-order valence-electron chi connectivity index (χ2n) is 6.11. The molecule has 1 fully saturated rings. The van der Waals surface area contributed by atoms with Crippen LogP contribution in [0.3, 0.4) is 0 Å². The molecule has 1 heterocycles. The summed E-state index contributed by atoms with van der Waals surface area (Å²) in [4.78, 5) is 34.7. The number of hydrogen-bond acceptors (Lipinski definition) is 4. The second-order valence-corrected chi connectivity index (χ2v) is 6.11. The maximum absolute atomic E-state index is 12.0. The first-order chi connectivity index (χ1) is 8.57. The Kier molecular flexibility index (Phi) is 4.35. The third-order valence-corrected chi connectivity index (χ3v) is 3.55. The molecule has 2 unspecified atom stereocenters. The number of ether oxygens (including phenoxy) is 1. The second kappa shape index (κ2) is 5.28. The average Bonchev–Trinajstić information content (AvgIpc) is 2.42. The van der Waals surface area contributed by atoms with Crippen molar-refractivity contribution in [2.45, 2.75) is 52.2 Å². The summed E-state index contributed by atoms with van der Waals surface area (Å²) in [5.74, 6) is -0.863. The molecule has 1 saturated heterocycles. The Balaban J connectivity index is 2.65. The number of nitrogens with one attached hydrogen (secondary N) is 1. The molecule has 0 aromatic heterocycles. The molecule has 6 heteroatoms. The van der Waals surface area contributed by atoms with E-state index in [9.17, 15) is 14.4 Å². The average molecular weight is 270 g/mol. The Hall–Kier alpha value is -1.43. The highest BCUT2D eigenvalue weighted by atomic mass is 16.5. The minimum atomic E-state index is -0.986. The molecule has 0 saturated carbocycles. The number of nitrogens with two attached hydrogens (primary N) is 1. The smallest absolute Gasteiger partial charge is 0.221 e. The molecule has 108 valence electrons. The highest BCUT2D eigenvalue weighted by Crippen LogP contribution is 2.27. The molecule has 0 bridgehead atoms. The van der Waals surface area contributed by atoms with Crippen molar-refractivity contribution in [1.82, 2.24) is 5.32 Å². The van der Waals surface area contributed by atoms with Crippen LogP contribution in [0.2, 0.25) is 0 Å². The predicted octanol–water partition coefficient (Wildman–Crippen LogP) is 0.141. The van der Waals surface area contributed by atoms with Crippen molar-refractivity contribution < 1.29 is 19.1 Å². The monoisotopic (exact) mass is 270 g/mol. The van der Waals surface area contributed by atoms with Crippen molar-refractivity contribution >= 4 is 17.6 Å². The largest absolute Gasteiger partial charge is 0.370 e. The summed E-state index contributed by atoms with van der Waals surface area (Å²) in [7, 11) is 0. The molecule has 1 aliphatic rings. The van der Waals surface area contributed by atoms with E-state index in [4.69, 9.17) is 10.5 Å². The molecule has 0 spiro atoms. The van der Waals surface area contributed by atoms with E-state index >= 15 is 0 Å². The van der Waals surface area contributed by atoms with E-state index in [-0.39, 0.29) is 37.2 Å². The minimum absolute atomic E-state index is 0.0165. The third-order valence-electron chi connectivity index (χ3n) is 3.55. The van der Waals surface area contributed by atoms with E-state index in [1.807, 2.05) is 0 Å². The predicted molar refractivity (Wildman–Crippen MR) is 69.2 cm³/mol. The van der Waals surface area contributed by atoms with Gasteiger partial charge >= 0.3 is 0 Å². The number of carbonyl (C=O) groups excluding carboxylic acids is 3. The van der Waals surface area contributed by atoms with Crippen molar-refractivity contribution in [2.24, 2.45) is 11.1 Å². The maximum atomic E-state index is 12.0. The number of ketones is 1. The lowest BCUT2D eigenvalue weighted by Crippen LogP contribution is -2.56. The molecule has 0 aliphatic carbocycles. The van der Waals surface area contributed by atoms with Crippen molar-refractivity contribution in [3.8, 4) is 0 Å². The van der Waals surface area contributed by atoms with Gasteiger partial charge in [-0.25, -0.2) is 0 Å². The van der Waals surface area contributed by atoms with Gasteiger partial charge in [0.05, 0.1) is 6.10 Å². The van der Waals surface area contributed by atoms with E-state index in [2.05, 4.69) is 5.32 Å². The maximum Gasteiger partial charge on any atom is 0.221 e. The lowest BCUT2D eigenvalue weighted by Gasteiger charge is -2.29. The molecule has 1 rings (SSSR count). The van der Waals surface area contributed by atoms with E-state index < -0.39 is 16.9 Å². The summed E-state index contributed by atoms with van der Waals surface area (Å²) in [6.45, 7) is 7.00. The number of primary amides is 1. The summed E-state index contributed by atoms with van der Waals surface area (Å²) in [5.41, 5.74) is 3.63. The molecule has 19 heavy (non-hydrogen) atoms. The third kappa shape index (κ3) is 3.76. The van der Waals surface area contributed by atoms with Gasteiger partial charge in [0.2, 0.25) is 11.8 Å². The van der Waals surface area contributed by atoms with Gasteiger partial charge < -0.3 is 15.8 Å². The molecular weight excluding hydrogens is 248 g/mol. The molecule has 2 atom stereocenters. The van der Waals surface area contributed by atoms with Crippen LogP contribution in [0, 0.1) is 5.41 Å². The van der Waals surface area contributed by atoms with Crippen LogP contribution in [0.5, 0.6) is 0 Å². The number of Topliss-reactive ketones (excluding diaryl/α,β-unsaturated/α-hetero) is 1. The quantitative estimate of drug-likeness (QED) is 0.742. The van der Waals surface area contributed by atoms with Gasteiger partial charge in [-0.15, -0.1) is 0 Å². The topological polar surface area (TPSA) is 98.5 Å². The zero-order valence-electron chi connectivity index (χ0n) is 11.9. The van der Waals surface area contributed by atoms with Gasteiger partial charge in [0.1, 0.15) is 12.1 Å². The van der Waals surface area contributed by atoms with E-state index in [0.717, 1.165) is 0 Å². The first-order valence-electron chi connectivity index (χ1n) is 6.31. The fourth-order valence-electron chi connectivity index (χ4n) is 2.22. The first kappa shape index (κ1) is 15.6. The normalized spacial score (nSPS) is 27.4. The van der Waals surface area contributed by atoms with Crippen molar-refractivity contribution in [2.75, 3.05) is 6.61 Å².